The van der Waals surface area contributed by atoms with Crippen LogP contribution in [0.1, 0.15) is 63.9 Å². The highest BCUT2D eigenvalue weighted by Crippen LogP contribution is 2.36. The minimum Gasteiger partial charge on any atom is -0.457 e. The van der Waals surface area contributed by atoms with Crippen LogP contribution >= 0.6 is 12.4 Å². The summed E-state index contributed by atoms with van der Waals surface area (Å²) in [6.45, 7) is 4.62. The second-order valence-corrected chi connectivity index (χ2v) is 14.0. The summed E-state index contributed by atoms with van der Waals surface area (Å²) < 4.78 is 31.1. The van der Waals surface area contributed by atoms with Crippen LogP contribution in [-0.4, -0.2) is 78.7 Å². The predicted octanol–water partition coefficient (Wildman–Crippen LogP) is 4.29. The van der Waals surface area contributed by atoms with E-state index in [4.69, 9.17) is 4.74 Å². The van der Waals surface area contributed by atoms with Gasteiger partial charge in [-0.3, -0.25) is 19.2 Å². The van der Waals surface area contributed by atoms with Gasteiger partial charge in [-0.2, -0.15) is 0 Å². The number of anilines is 1. The van der Waals surface area contributed by atoms with E-state index in [9.17, 15) is 23.1 Å². The number of nitrogens with zero attached hydrogens (tertiary/aromatic N) is 2. The first-order valence-corrected chi connectivity index (χ1v) is 17.3. The van der Waals surface area contributed by atoms with E-state index in [1.54, 1.807) is 29.2 Å². The fraction of sp³-hybridized carbons (Fsp3) is 0.562. The van der Waals surface area contributed by atoms with Crippen LogP contribution in [0.3, 0.4) is 0 Å². The molecule has 3 N–H and O–H groups in total. The van der Waals surface area contributed by atoms with Crippen molar-refractivity contribution in [2.75, 3.05) is 30.6 Å². The molecule has 0 unspecified atom stereocenters. The van der Waals surface area contributed by atoms with E-state index < -0.39 is 27.7 Å². The average Bonchev–Trinajstić information content (AvgIpc) is 2.99. The van der Waals surface area contributed by atoms with Crippen LogP contribution in [0.2, 0.25) is 0 Å². The van der Waals surface area contributed by atoms with Crippen molar-refractivity contribution in [2.45, 2.75) is 82.5 Å². The highest BCUT2D eigenvalue weighted by molar-refractivity contribution is 7.92. The highest BCUT2D eigenvalue weighted by atomic mass is 35.5. The first-order valence-electron chi connectivity index (χ1n) is 15.5. The second-order valence-electron chi connectivity index (χ2n) is 12.3. The lowest BCUT2D eigenvalue weighted by atomic mass is 9.78. The topological polar surface area (TPSA) is 128 Å². The molecule has 12 heteroatoms. The second kappa shape index (κ2) is 14.5. The summed E-state index contributed by atoms with van der Waals surface area (Å²) in [6.07, 6.45) is 7.23. The molecule has 0 aromatic heterocycles. The molecule has 1 saturated carbocycles. The Labute approximate surface area is 267 Å². The zero-order valence-electron chi connectivity index (χ0n) is 25.5. The Hall–Kier alpha value is -2.86. The fourth-order valence-corrected chi connectivity index (χ4v) is 7.37. The Bertz CT molecular complexity index is 1370. The summed E-state index contributed by atoms with van der Waals surface area (Å²) >= 11 is 0. The van der Waals surface area contributed by atoms with Crippen molar-refractivity contribution in [3.05, 3.63) is 54.1 Å². The van der Waals surface area contributed by atoms with Crippen molar-refractivity contribution < 1.29 is 27.9 Å². The van der Waals surface area contributed by atoms with Gasteiger partial charge in [0.15, 0.2) is 0 Å². The number of hydrogen-bond acceptors (Lipinski definition) is 7. The van der Waals surface area contributed by atoms with Crippen molar-refractivity contribution in [1.29, 1.82) is 0 Å². The van der Waals surface area contributed by atoms with Crippen molar-refractivity contribution in [3.63, 3.8) is 0 Å². The van der Waals surface area contributed by atoms with Crippen molar-refractivity contribution in [3.8, 4) is 11.5 Å². The number of carbonyl (C=O) groups excluding carboxylic acids is 2. The van der Waals surface area contributed by atoms with E-state index >= 15 is 0 Å². The molecular weight excluding hydrogens is 604 g/mol. The number of halogens is 1. The van der Waals surface area contributed by atoms with E-state index in [0.717, 1.165) is 50.3 Å². The molecule has 44 heavy (non-hydrogen) atoms. The van der Waals surface area contributed by atoms with Crippen LogP contribution in [0.25, 0.3) is 0 Å². The quantitative estimate of drug-likeness (QED) is 0.351. The van der Waals surface area contributed by atoms with Gasteiger partial charge in [0.2, 0.25) is 21.8 Å². The predicted molar refractivity (Wildman–Crippen MR) is 172 cm³/mol. The lowest BCUT2D eigenvalue weighted by molar-refractivity contribution is -0.165. The number of hydrogen-bond donors (Lipinski definition) is 3. The molecule has 1 spiro atoms. The SMILES string of the molecule is CCCN1C(=O)[C@@H]([C@H](O)C2CCCCC2)NC(=O)C12CCN(Cc1ccc(Oc3ccc(NS(C)(=O)=O)cc3)cc1)CC2.Cl. The Balaban J connectivity index is 0.00000442. The normalized spacial score (nSPS) is 21.8. The van der Waals surface area contributed by atoms with Gasteiger partial charge in [0, 0.05) is 31.9 Å². The Morgan fingerprint density at radius 2 is 1.59 bits per heavy atom. The highest BCUT2D eigenvalue weighted by Gasteiger charge is 2.55. The smallest absolute Gasteiger partial charge is 0.248 e. The van der Waals surface area contributed by atoms with Gasteiger partial charge in [0.05, 0.1) is 12.4 Å². The molecule has 242 valence electrons. The number of carbonyl (C=O) groups is 2. The number of likely N-dealkylation sites (tertiary alicyclic amines) is 1. The zero-order valence-corrected chi connectivity index (χ0v) is 27.2. The van der Waals surface area contributed by atoms with E-state index in [1.807, 2.05) is 31.2 Å². The monoisotopic (exact) mass is 648 g/mol. The molecule has 2 aromatic carbocycles. The third-order valence-corrected chi connectivity index (χ3v) is 9.69. The number of ether oxygens (including phenoxy) is 1. The zero-order chi connectivity index (χ0) is 30.6. The summed E-state index contributed by atoms with van der Waals surface area (Å²) in [5.74, 6) is 1.07. The number of nitrogens with one attached hydrogen (secondary N) is 2. The molecular formula is C32H45ClN4O6S. The minimum absolute atomic E-state index is 0. The van der Waals surface area contributed by atoms with Gasteiger partial charge >= 0.3 is 0 Å². The van der Waals surface area contributed by atoms with Crippen molar-refractivity contribution in [1.82, 2.24) is 15.1 Å². The van der Waals surface area contributed by atoms with E-state index in [1.165, 1.54) is 0 Å². The molecule has 2 aromatic rings. The van der Waals surface area contributed by atoms with E-state index in [2.05, 4.69) is 14.9 Å². The molecule has 5 rings (SSSR count). The van der Waals surface area contributed by atoms with Gasteiger partial charge < -0.3 is 20.1 Å². The number of benzene rings is 2. The molecule has 0 bridgehead atoms. The van der Waals surface area contributed by atoms with Gasteiger partial charge in [-0.25, -0.2) is 8.42 Å². The number of aliphatic hydroxyl groups is 1. The van der Waals surface area contributed by atoms with Gasteiger partial charge in [-0.15, -0.1) is 12.4 Å². The molecule has 1 aliphatic carbocycles. The number of piperidine rings is 1. The molecule has 2 atom stereocenters. The van der Waals surface area contributed by atoms with Crippen LogP contribution < -0.4 is 14.8 Å². The standard InChI is InChI=1S/C32H44N4O6S.ClH/c1-3-19-36-30(38)28(29(37)24-7-5-4-6-8-24)33-31(39)32(36)17-20-35(21-18-32)22-23-9-13-26(14-10-23)42-27-15-11-25(12-16-27)34-43(2,40)41;/h9-16,24,28-29,34,37H,3-8,17-22H2,1-2H3,(H,33,39);1H/t28-,29-;/m1./s1. The third kappa shape index (κ3) is 7.85. The Morgan fingerprint density at radius 1 is 1.00 bits per heavy atom. The number of aliphatic hydroxyl groups excluding tert-OH is 1. The van der Waals surface area contributed by atoms with Crippen molar-refractivity contribution >= 4 is 39.9 Å². The summed E-state index contributed by atoms with van der Waals surface area (Å²) in [6, 6.07) is 13.7. The van der Waals surface area contributed by atoms with Crippen LogP contribution in [0.15, 0.2) is 48.5 Å². The lowest BCUT2D eigenvalue weighted by Gasteiger charge is -2.52. The Kier molecular flexibility index (Phi) is 11.2. The largest absolute Gasteiger partial charge is 0.457 e. The van der Waals surface area contributed by atoms with Crippen LogP contribution in [-0.2, 0) is 26.2 Å². The average molecular weight is 649 g/mol. The summed E-state index contributed by atoms with van der Waals surface area (Å²) in [5, 5.41) is 14.1. The Morgan fingerprint density at radius 3 is 2.16 bits per heavy atom. The van der Waals surface area contributed by atoms with Crippen LogP contribution in [0, 0.1) is 5.92 Å². The number of sulfonamides is 1. The molecule has 2 heterocycles. The number of rotatable bonds is 10. The van der Waals surface area contributed by atoms with Crippen LogP contribution in [0.5, 0.6) is 11.5 Å². The minimum atomic E-state index is -3.34. The van der Waals surface area contributed by atoms with Crippen molar-refractivity contribution in [2.24, 2.45) is 5.92 Å². The molecule has 2 saturated heterocycles. The summed E-state index contributed by atoms with van der Waals surface area (Å²) in [5.41, 5.74) is 0.718. The van der Waals surface area contributed by atoms with Gasteiger partial charge in [0.25, 0.3) is 0 Å². The molecule has 0 radical (unpaired) electrons. The maximum atomic E-state index is 13.7. The maximum absolute atomic E-state index is 13.7. The molecule has 3 fully saturated rings. The van der Waals surface area contributed by atoms with E-state index in [-0.39, 0.29) is 30.1 Å². The molecule has 2 amide bonds. The lowest BCUT2D eigenvalue weighted by Crippen LogP contribution is -2.75. The molecule has 10 nitrogen and oxygen atoms in total. The van der Waals surface area contributed by atoms with Gasteiger partial charge in [0.1, 0.15) is 23.1 Å². The van der Waals surface area contributed by atoms with Gasteiger partial charge in [-0.05, 0) is 80.0 Å². The number of amides is 2. The number of piperazine rings is 1. The summed E-state index contributed by atoms with van der Waals surface area (Å²) in [7, 11) is -3.34. The molecule has 2 aliphatic heterocycles. The van der Waals surface area contributed by atoms with Gasteiger partial charge in [-0.1, -0.05) is 38.3 Å². The molecule has 3 aliphatic rings. The van der Waals surface area contributed by atoms with E-state index in [0.29, 0.717) is 56.2 Å². The van der Waals surface area contributed by atoms with Crippen LogP contribution in [0.4, 0.5) is 5.69 Å². The first-order chi connectivity index (χ1) is 20.6. The first kappa shape index (κ1) is 34.0. The third-order valence-electron chi connectivity index (χ3n) is 9.09. The summed E-state index contributed by atoms with van der Waals surface area (Å²) in [4.78, 5) is 31.5. The maximum Gasteiger partial charge on any atom is 0.248 e. The fourth-order valence-electron chi connectivity index (χ4n) is 6.81.